The Balaban J connectivity index is 1.85. The Labute approximate surface area is 134 Å². The molecule has 0 aliphatic heterocycles. The summed E-state index contributed by atoms with van der Waals surface area (Å²) in [6, 6.07) is 10.2. The van der Waals surface area contributed by atoms with Crippen LogP contribution in [0.25, 0.3) is 0 Å². The Morgan fingerprint density at radius 2 is 2.14 bits per heavy atom. The molecule has 0 aliphatic rings. The van der Waals surface area contributed by atoms with Gasteiger partial charge in [-0.05, 0) is 18.9 Å². The third-order valence-electron chi connectivity index (χ3n) is 3.42. The summed E-state index contributed by atoms with van der Waals surface area (Å²) < 4.78 is 0. The highest BCUT2D eigenvalue weighted by molar-refractivity contribution is 8.00. The van der Waals surface area contributed by atoms with Crippen LogP contribution in [0, 0.1) is 0 Å². The molecule has 0 saturated heterocycles. The van der Waals surface area contributed by atoms with Gasteiger partial charge in [0.15, 0.2) is 0 Å². The molecule has 22 heavy (non-hydrogen) atoms. The summed E-state index contributed by atoms with van der Waals surface area (Å²) >= 11 is 1.28. The Kier molecular flexibility index (Phi) is 5.83. The first kappa shape index (κ1) is 16.4. The quantitative estimate of drug-likeness (QED) is 0.680. The number of nitrogens with zero attached hydrogens (tertiary/aromatic N) is 2. The van der Waals surface area contributed by atoms with Gasteiger partial charge in [-0.3, -0.25) is 4.79 Å². The van der Waals surface area contributed by atoms with Crippen LogP contribution in [0.5, 0.6) is 0 Å². The van der Waals surface area contributed by atoms with E-state index in [0.29, 0.717) is 17.6 Å². The lowest BCUT2D eigenvalue weighted by Crippen LogP contribution is -2.34. The van der Waals surface area contributed by atoms with Gasteiger partial charge in [-0.25, -0.2) is 5.10 Å². The summed E-state index contributed by atoms with van der Waals surface area (Å²) in [5.74, 6) is 0.550. The van der Waals surface area contributed by atoms with E-state index in [0.717, 1.165) is 6.42 Å². The maximum absolute atomic E-state index is 12.2. The molecule has 2 aromatic rings. The second-order valence-corrected chi connectivity index (χ2v) is 6.33. The van der Waals surface area contributed by atoms with Crippen molar-refractivity contribution < 1.29 is 4.79 Å². The van der Waals surface area contributed by atoms with Crippen LogP contribution in [-0.4, -0.2) is 32.9 Å². The number of aromatic amines is 1. The van der Waals surface area contributed by atoms with E-state index < -0.39 is 0 Å². The van der Waals surface area contributed by atoms with Gasteiger partial charge >= 0.3 is 0 Å². The van der Waals surface area contributed by atoms with E-state index in [4.69, 9.17) is 5.73 Å². The number of amides is 1. The molecule has 0 bridgehead atoms. The minimum atomic E-state index is -0.275. The Morgan fingerprint density at radius 1 is 1.41 bits per heavy atom. The second kappa shape index (κ2) is 7.84. The van der Waals surface area contributed by atoms with Crippen LogP contribution in [0.3, 0.4) is 0 Å². The molecule has 7 heteroatoms. The van der Waals surface area contributed by atoms with Gasteiger partial charge < -0.3 is 11.1 Å². The average molecular weight is 319 g/mol. The first-order valence-electron chi connectivity index (χ1n) is 7.27. The first-order valence-corrected chi connectivity index (χ1v) is 8.15. The number of carbonyl (C=O) groups excluding carboxylic acids is 1. The number of rotatable bonds is 7. The minimum Gasteiger partial charge on any atom is -0.368 e. The highest BCUT2D eigenvalue weighted by atomic mass is 32.2. The number of carbonyl (C=O) groups is 1. The molecule has 6 nitrogen and oxygen atoms in total. The van der Waals surface area contributed by atoms with Gasteiger partial charge in [0.05, 0.1) is 5.25 Å². The monoisotopic (exact) mass is 319 g/mol. The summed E-state index contributed by atoms with van der Waals surface area (Å²) in [4.78, 5) is 16.2. The van der Waals surface area contributed by atoms with Gasteiger partial charge in [0.2, 0.25) is 17.0 Å². The fraction of sp³-hybridized carbons (Fsp3) is 0.400. The maximum atomic E-state index is 12.2. The van der Waals surface area contributed by atoms with E-state index >= 15 is 0 Å². The van der Waals surface area contributed by atoms with Gasteiger partial charge in [-0.1, -0.05) is 49.0 Å². The van der Waals surface area contributed by atoms with Crippen LogP contribution in [0.15, 0.2) is 35.5 Å². The molecule has 0 unspecified atom stereocenters. The number of nitrogen functional groups attached to an aromatic ring is 1. The zero-order chi connectivity index (χ0) is 15.9. The molecule has 0 saturated carbocycles. The number of nitrogens with two attached hydrogens (primary N) is 1. The van der Waals surface area contributed by atoms with E-state index in [-0.39, 0.29) is 17.1 Å². The largest absolute Gasteiger partial charge is 0.368 e. The van der Waals surface area contributed by atoms with Crippen LogP contribution in [0.1, 0.15) is 31.7 Å². The fourth-order valence-electron chi connectivity index (χ4n) is 2.11. The van der Waals surface area contributed by atoms with Crippen LogP contribution in [-0.2, 0) is 4.79 Å². The molecule has 0 fully saturated rings. The standard InChI is InChI=1S/C15H21N5OS/c1-3-11(12-7-5-4-6-8-12)9-17-13(21)10(2)22-15-18-14(16)19-20-15/h4-8,10-11H,3,9H2,1-2H3,(H,17,21)(H3,16,18,19,20)/t10-,11-/m1/s1. The third kappa shape index (κ3) is 4.49. The van der Waals surface area contributed by atoms with E-state index in [1.807, 2.05) is 25.1 Å². The predicted molar refractivity (Wildman–Crippen MR) is 88.6 cm³/mol. The Hall–Kier alpha value is -2.02. The van der Waals surface area contributed by atoms with Crippen LogP contribution in [0.2, 0.25) is 0 Å². The number of anilines is 1. The van der Waals surface area contributed by atoms with Crippen molar-refractivity contribution in [2.75, 3.05) is 12.3 Å². The van der Waals surface area contributed by atoms with Crippen molar-refractivity contribution in [3.63, 3.8) is 0 Å². The summed E-state index contributed by atoms with van der Waals surface area (Å²) in [6.45, 7) is 4.58. The topological polar surface area (TPSA) is 96.7 Å². The van der Waals surface area contributed by atoms with Crippen molar-refractivity contribution in [1.82, 2.24) is 20.5 Å². The molecule has 0 spiro atoms. The zero-order valence-electron chi connectivity index (χ0n) is 12.7. The lowest BCUT2D eigenvalue weighted by atomic mass is 9.96. The number of hydrogen-bond acceptors (Lipinski definition) is 5. The van der Waals surface area contributed by atoms with Crippen LogP contribution < -0.4 is 11.1 Å². The predicted octanol–water partition coefficient (Wildman–Crippen LogP) is 2.18. The normalized spacial score (nSPS) is 13.5. The van der Waals surface area contributed by atoms with Gasteiger partial charge in [-0.15, -0.1) is 5.10 Å². The van der Waals surface area contributed by atoms with Gasteiger partial charge in [0, 0.05) is 12.5 Å². The van der Waals surface area contributed by atoms with Gasteiger partial charge in [0.25, 0.3) is 0 Å². The molecule has 1 aromatic carbocycles. The van der Waals surface area contributed by atoms with Crippen molar-refractivity contribution in [2.45, 2.75) is 36.6 Å². The SMILES string of the molecule is CC[C@H](CNC(=O)[C@@H](C)Sc1n[nH]c(N)n1)c1ccccc1. The number of benzene rings is 1. The van der Waals surface area contributed by atoms with Crippen molar-refractivity contribution in [2.24, 2.45) is 0 Å². The van der Waals surface area contributed by atoms with E-state index in [2.05, 4.69) is 39.6 Å². The molecule has 1 amide bonds. The molecule has 1 heterocycles. The minimum absolute atomic E-state index is 0.0252. The molecule has 0 aliphatic carbocycles. The van der Waals surface area contributed by atoms with Crippen LogP contribution in [0.4, 0.5) is 5.95 Å². The second-order valence-electron chi connectivity index (χ2n) is 5.02. The fourth-order valence-corrected chi connectivity index (χ4v) is 2.87. The summed E-state index contributed by atoms with van der Waals surface area (Å²) in [7, 11) is 0. The van der Waals surface area contributed by atoms with Crippen molar-refractivity contribution in [3.8, 4) is 0 Å². The van der Waals surface area contributed by atoms with Gasteiger partial charge in [-0.2, -0.15) is 4.98 Å². The first-order chi connectivity index (χ1) is 10.6. The summed E-state index contributed by atoms with van der Waals surface area (Å²) in [5.41, 5.74) is 6.71. The maximum Gasteiger partial charge on any atom is 0.233 e. The summed E-state index contributed by atoms with van der Waals surface area (Å²) in [5, 5.41) is 9.69. The number of hydrogen-bond donors (Lipinski definition) is 3. The molecule has 2 atom stereocenters. The van der Waals surface area contributed by atoms with E-state index in [1.54, 1.807) is 0 Å². The van der Waals surface area contributed by atoms with Gasteiger partial charge in [0.1, 0.15) is 0 Å². The van der Waals surface area contributed by atoms with E-state index in [9.17, 15) is 4.79 Å². The molecular formula is C15H21N5OS. The molecular weight excluding hydrogens is 298 g/mol. The smallest absolute Gasteiger partial charge is 0.233 e. The van der Waals surface area contributed by atoms with Crippen molar-refractivity contribution >= 4 is 23.6 Å². The zero-order valence-corrected chi connectivity index (χ0v) is 13.6. The Bertz CT molecular complexity index is 601. The van der Waals surface area contributed by atoms with E-state index in [1.165, 1.54) is 17.3 Å². The number of aromatic nitrogens is 3. The highest BCUT2D eigenvalue weighted by Crippen LogP contribution is 2.21. The Morgan fingerprint density at radius 3 is 2.73 bits per heavy atom. The lowest BCUT2D eigenvalue weighted by Gasteiger charge is -2.17. The van der Waals surface area contributed by atoms with Crippen LogP contribution >= 0.6 is 11.8 Å². The molecule has 0 radical (unpaired) electrons. The lowest BCUT2D eigenvalue weighted by molar-refractivity contribution is -0.120. The average Bonchev–Trinajstić information content (AvgIpc) is 2.93. The third-order valence-corrected chi connectivity index (χ3v) is 4.38. The highest BCUT2D eigenvalue weighted by Gasteiger charge is 2.18. The molecule has 118 valence electrons. The van der Waals surface area contributed by atoms with Crippen molar-refractivity contribution in [1.29, 1.82) is 0 Å². The number of H-pyrrole nitrogens is 1. The summed E-state index contributed by atoms with van der Waals surface area (Å²) in [6.07, 6.45) is 0.975. The number of thioether (sulfide) groups is 1. The molecule has 1 aromatic heterocycles. The number of nitrogens with one attached hydrogen (secondary N) is 2. The van der Waals surface area contributed by atoms with Crippen molar-refractivity contribution in [3.05, 3.63) is 35.9 Å². The molecule has 2 rings (SSSR count). The molecule has 4 N–H and O–H groups in total.